The molecule has 36 heavy (non-hydrogen) atoms. The summed E-state index contributed by atoms with van der Waals surface area (Å²) in [4.78, 5) is 2.24. The number of nitrogens with zero attached hydrogens (tertiary/aromatic N) is 2. The van der Waals surface area contributed by atoms with E-state index in [1.165, 1.54) is 5.56 Å². The molecule has 4 aromatic carbocycles. The molecule has 5 rings (SSSR count). The van der Waals surface area contributed by atoms with Crippen LogP contribution in [0.15, 0.2) is 138 Å². The van der Waals surface area contributed by atoms with Gasteiger partial charge in [-0.3, -0.25) is 0 Å². The Morgan fingerprint density at radius 3 is 1.61 bits per heavy atom. The average Bonchev–Trinajstić information content (AvgIpc) is 2.90. The summed E-state index contributed by atoms with van der Waals surface area (Å²) in [5, 5.41) is 0. The molecule has 0 N–H and O–H groups in total. The number of aryl methyl sites for hydroxylation is 1. The molecule has 2 radical (unpaired) electrons. The fraction of sp³-hybridized carbons (Fsp3) is 0.0312. The van der Waals surface area contributed by atoms with Crippen LogP contribution in [-0.4, -0.2) is 13.6 Å². The zero-order valence-electron chi connectivity index (χ0n) is 20.1. The number of anilines is 3. The Bertz CT molecular complexity index is 1410. The van der Waals surface area contributed by atoms with Gasteiger partial charge in [-0.25, -0.2) is 0 Å². The Labute approximate surface area is 222 Å². The van der Waals surface area contributed by atoms with Crippen LogP contribution in [-0.2, 0) is 0 Å². The monoisotopic (exact) mass is 527 g/mol. The molecule has 0 aromatic heterocycles. The molecule has 4 heteroatoms. The van der Waals surface area contributed by atoms with Gasteiger partial charge in [0.1, 0.15) is 7.85 Å². The van der Waals surface area contributed by atoms with Gasteiger partial charge in [0.05, 0.1) is 0 Å². The molecule has 0 aliphatic heterocycles. The Kier molecular flexibility index (Phi) is 6.88. The van der Waals surface area contributed by atoms with Gasteiger partial charge in [-0.05, 0) is 73.2 Å². The second kappa shape index (κ2) is 10.4. The largest absolute Gasteiger partial charge is 0.310 e. The van der Waals surface area contributed by atoms with Gasteiger partial charge in [-0.1, -0.05) is 57.8 Å². The van der Waals surface area contributed by atoms with Gasteiger partial charge in [0, 0.05) is 58.0 Å². The molecular weight excluding hydrogens is 503 g/mol. The van der Waals surface area contributed by atoms with E-state index in [1.54, 1.807) is 0 Å². The predicted octanol–water partition coefficient (Wildman–Crippen LogP) is 7.98. The molecule has 0 unspecified atom stereocenters. The Morgan fingerprint density at radius 2 is 1.08 bits per heavy atom. The van der Waals surface area contributed by atoms with E-state index >= 15 is 0 Å². The van der Waals surface area contributed by atoms with Crippen molar-refractivity contribution < 1.29 is 0 Å². The topological polar surface area (TPSA) is 6.25 Å². The molecule has 0 bridgehead atoms. The molecule has 2 nitrogen and oxygen atoms in total. The number of allylic oxidation sites excluding steroid dienone is 5. The van der Waals surface area contributed by atoms with E-state index in [2.05, 4.69) is 136 Å². The lowest BCUT2D eigenvalue weighted by molar-refractivity contribution is 1.08. The number of benzene rings is 4. The van der Waals surface area contributed by atoms with Crippen molar-refractivity contribution in [1.29, 1.82) is 0 Å². The minimum Gasteiger partial charge on any atom is -0.310 e. The van der Waals surface area contributed by atoms with Gasteiger partial charge in [0.2, 0.25) is 17.1 Å². The Balaban J connectivity index is 1.60. The van der Waals surface area contributed by atoms with Crippen LogP contribution in [0.1, 0.15) is 5.56 Å². The summed E-state index contributed by atoms with van der Waals surface area (Å²) in [6.07, 6.45) is 8.28. The van der Waals surface area contributed by atoms with E-state index in [0.717, 1.165) is 49.7 Å². The van der Waals surface area contributed by atoms with Crippen LogP contribution in [0.4, 0.5) is 28.4 Å². The van der Waals surface area contributed by atoms with Gasteiger partial charge < -0.3 is 4.90 Å². The lowest BCUT2D eigenvalue weighted by atomic mass is 9.96. The Hall–Kier alpha value is -3.89. The second-order valence-corrected chi connectivity index (χ2v) is 9.67. The first kappa shape index (κ1) is 23.8. The van der Waals surface area contributed by atoms with Crippen LogP contribution in [0.3, 0.4) is 0 Å². The minimum absolute atomic E-state index is 0.747. The first-order valence-corrected chi connectivity index (χ1v) is 12.6. The van der Waals surface area contributed by atoms with Crippen molar-refractivity contribution >= 4 is 63.4 Å². The standard InChI is InChI=1S/C32H25BBrN2/c1-23-3-11-27(12-4-23)35(29-15-7-25(33)8-16-29)31-19-21-32(22-20-31)36(28-13-5-24(2)6-14-28)30-17-9-26(34)10-18-30/h3-22H,2H2,1H3/q+1. The van der Waals surface area contributed by atoms with Gasteiger partial charge in [-0.15, -0.1) is 0 Å². The van der Waals surface area contributed by atoms with Crippen molar-refractivity contribution in [3.8, 4) is 0 Å². The van der Waals surface area contributed by atoms with Gasteiger partial charge >= 0.3 is 0 Å². The maximum absolute atomic E-state index is 5.98. The smallest absolute Gasteiger partial charge is 0.211 e. The van der Waals surface area contributed by atoms with E-state index < -0.39 is 0 Å². The molecular formula is C32H25BBrN2+. The minimum atomic E-state index is 0.747. The second-order valence-electron chi connectivity index (χ2n) is 8.76. The summed E-state index contributed by atoms with van der Waals surface area (Å²) in [7, 11) is 5.98. The highest BCUT2D eigenvalue weighted by atomic mass is 79.9. The lowest BCUT2D eigenvalue weighted by Crippen LogP contribution is -2.15. The van der Waals surface area contributed by atoms with E-state index in [9.17, 15) is 0 Å². The van der Waals surface area contributed by atoms with Crippen molar-refractivity contribution in [3.63, 3.8) is 0 Å². The van der Waals surface area contributed by atoms with Crippen molar-refractivity contribution in [2.75, 3.05) is 4.90 Å². The van der Waals surface area contributed by atoms with Crippen LogP contribution in [0.2, 0.25) is 0 Å². The van der Waals surface area contributed by atoms with Gasteiger partial charge in [0.15, 0.2) is 0 Å². The quantitative estimate of drug-likeness (QED) is 0.188. The van der Waals surface area contributed by atoms with Crippen LogP contribution in [0.5, 0.6) is 0 Å². The zero-order chi connectivity index (χ0) is 25.1. The maximum atomic E-state index is 5.98. The third-order valence-electron chi connectivity index (χ3n) is 6.09. The average molecular weight is 528 g/mol. The highest BCUT2D eigenvalue weighted by Gasteiger charge is 2.20. The Morgan fingerprint density at radius 1 is 0.639 bits per heavy atom. The van der Waals surface area contributed by atoms with E-state index in [0.29, 0.717) is 0 Å². The van der Waals surface area contributed by atoms with Crippen molar-refractivity contribution in [2.24, 2.45) is 0 Å². The molecule has 0 saturated heterocycles. The van der Waals surface area contributed by atoms with Crippen molar-refractivity contribution in [1.82, 2.24) is 4.58 Å². The van der Waals surface area contributed by atoms with E-state index in [4.69, 9.17) is 7.85 Å². The first-order chi connectivity index (χ1) is 17.5. The molecule has 1 aliphatic carbocycles. The molecule has 0 spiro atoms. The van der Waals surface area contributed by atoms with Crippen LogP contribution < -0.4 is 14.9 Å². The summed E-state index contributed by atoms with van der Waals surface area (Å²) >= 11 is 3.56. The molecule has 4 aromatic rings. The fourth-order valence-corrected chi connectivity index (χ4v) is 4.46. The maximum Gasteiger partial charge on any atom is 0.211 e. The highest BCUT2D eigenvalue weighted by molar-refractivity contribution is 9.10. The van der Waals surface area contributed by atoms with Gasteiger partial charge in [-0.2, -0.15) is 4.58 Å². The van der Waals surface area contributed by atoms with Crippen LogP contribution in [0, 0.1) is 6.92 Å². The normalized spacial score (nSPS) is 12.6. The summed E-state index contributed by atoms with van der Waals surface area (Å²) < 4.78 is 3.29. The molecule has 172 valence electrons. The summed E-state index contributed by atoms with van der Waals surface area (Å²) in [5.41, 5.74) is 9.40. The predicted molar refractivity (Wildman–Crippen MR) is 159 cm³/mol. The molecule has 0 amide bonds. The van der Waals surface area contributed by atoms with Crippen LogP contribution >= 0.6 is 15.9 Å². The number of rotatable bonds is 5. The van der Waals surface area contributed by atoms with Crippen molar-refractivity contribution in [3.05, 3.63) is 144 Å². The molecule has 0 saturated carbocycles. The first-order valence-electron chi connectivity index (χ1n) is 11.8. The summed E-state index contributed by atoms with van der Waals surface area (Å²) in [6, 6.07) is 33.5. The third-order valence-corrected chi connectivity index (χ3v) is 6.62. The van der Waals surface area contributed by atoms with E-state index in [-0.39, 0.29) is 0 Å². The third kappa shape index (κ3) is 5.19. The summed E-state index contributed by atoms with van der Waals surface area (Å²) in [6.45, 7) is 6.14. The highest BCUT2D eigenvalue weighted by Crippen LogP contribution is 2.35. The van der Waals surface area contributed by atoms with Crippen LogP contribution in [0.25, 0.3) is 0 Å². The summed E-state index contributed by atoms with van der Waals surface area (Å²) in [5.74, 6) is 0. The number of halogens is 1. The SMILES string of the molecule is [B]c1ccc(N(c2ccc(C)cc2)c2ccc([N+](=C3C=CC(=C)C=C3)c3ccc(Br)cc3)cc2)cc1. The zero-order valence-corrected chi connectivity index (χ0v) is 21.7. The lowest BCUT2D eigenvalue weighted by Gasteiger charge is -2.25. The number of hydrogen-bond donors (Lipinski definition) is 0. The van der Waals surface area contributed by atoms with Gasteiger partial charge in [0.25, 0.3) is 0 Å². The fourth-order valence-electron chi connectivity index (χ4n) is 4.20. The molecule has 1 aliphatic rings. The van der Waals surface area contributed by atoms with Crippen molar-refractivity contribution in [2.45, 2.75) is 6.92 Å². The molecule has 0 heterocycles. The van der Waals surface area contributed by atoms with E-state index in [1.807, 2.05) is 24.3 Å². The molecule has 0 atom stereocenters. The number of hydrogen-bond acceptors (Lipinski definition) is 1. The molecule has 0 fully saturated rings.